The van der Waals surface area contributed by atoms with Gasteiger partial charge in [-0.3, -0.25) is 4.90 Å². The summed E-state index contributed by atoms with van der Waals surface area (Å²) in [6.45, 7) is 5.13. The van der Waals surface area contributed by atoms with Crippen molar-refractivity contribution in [3.05, 3.63) is 35.1 Å². The van der Waals surface area contributed by atoms with E-state index in [2.05, 4.69) is 10.2 Å². The van der Waals surface area contributed by atoms with Gasteiger partial charge in [-0.05, 0) is 56.6 Å². The number of hydrogen-bond donors (Lipinski definition) is 1. The Bertz CT molecular complexity index is 384. The van der Waals surface area contributed by atoms with Gasteiger partial charge in [0.25, 0.3) is 0 Å². The molecule has 1 aromatic rings. The molecular weight excluding hydrogens is 251 g/mol. The lowest BCUT2D eigenvalue weighted by Gasteiger charge is -2.25. The van der Waals surface area contributed by atoms with Crippen LogP contribution in [0.2, 0.25) is 0 Å². The fourth-order valence-electron chi connectivity index (χ4n) is 2.63. The molecule has 0 radical (unpaired) electrons. The van der Waals surface area contributed by atoms with Crippen LogP contribution in [0.1, 0.15) is 24.0 Å². The van der Waals surface area contributed by atoms with Gasteiger partial charge in [-0.25, -0.2) is 4.39 Å². The maximum Gasteiger partial charge on any atom is 0.123 e. The van der Waals surface area contributed by atoms with Crippen LogP contribution in [-0.2, 0) is 6.54 Å². The number of aryl methyl sites for hydroxylation is 1. The van der Waals surface area contributed by atoms with Crippen LogP contribution < -0.4 is 5.32 Å². The molecule has 1 heterocycles. The molecule has 0 aliphatic carbocycles. The molecule has 2 nitrogen and oxygen atoms in total. The maximum absolute atomic E-state index is 13.0. The zero-order valence-electron chi connectivity index (χ0n) is 11.1. The second kappa shape index (κ2) is 7.07. The van der Waals surface area contributed by atoms with Crippen molar-refractivity contribution in [1.82, 2.24) is 10.2 Å². The number of nitrogens with zero attached hydrogens (tertiary/aromatic N) is 1. The van der Waals surface area contributed by atoms with E-state index >= 15 is 0 Å². The van der Waals surface area contributed by atoms with Crippen molar-refractivity contribution in [3.63, 3.8) is 0 Å². The fourth-order valence-corrected chi connectivity index (χ4v) is 2.63. The summed E-state index contributed by atoms with van der Waals surface area (Å²) in [5, 5.41) is 3.25. The van der Waals surface area contributed by atoms with Gasteiger partial charge in [-0.15, -0.1) is 12.4 Å². The SMILES string of the molecule is CNCC1CCCN1Cc1ccc(F)cc1C.Cl. The lowest BCUT2D eigenvalue weighted by Crippen LogP contribution is -2.36. The zero-order chi connectivity index (χ0) is 12.3. The number of hydrogen-bond acceptors (Lipinski definition) is 2. The van der Waals surface area contributed by atoms with Crippen LogP contribution in [0.4, 0.5) is 4.39 Å². The Hall–Kier alpha value is -0.640. The molecule has 102 valence electrons. The lowest BCUT2D eigenvalue weighted by atomic mass is 10.1. The van der Waals surface area contributed by atoms with E-state index in [4.69, 9.17) is 0 Å². The third-order valence-electron chi connectivity index (χ3n) is 3.62. The highest BCUT2D eigenvalue weighted by Gasteiger charge is 2.23. The van der Waals surface area contributed by atoms with Crippen LogP contribution in [0.25, 0.3) is 0 Å². The first-order valence-corrected chi connectivity index (χ1v) is 6.34. The molecule has 2 rings (SSSR count). The highest BCUT2D eigenvalue weighted by molar-refractivity contribution is 5.85. The highest BCUT2D eigenvalue weighted by atomic mass is 35.5. The summed E-state index contributed by atoms with van der Waals surface area (Å²) in [6, 6.07) is 5.73. The molecule has 0 bridgehead atoms. The molecular formula is C14H22ClFN2. The van der Waals surface area contributed by atoms with E-state index in [-0.39, 0.29) is 18.2 Å². The molecule has 1 saturated heterocycles. The monoisotopic (exact) mass is 272 g/mol. The van der Waals surface area contributed by atoms with Gasteiger partial charge in [0, 0.05) is 19.1 Å². The van der Waals surface area contributed by atoms with E-state index in [1.54, 1.807) is 12.1 Å². The molecule has 1 atom stereocenters. The Morgan fingerprint density at radius 2 is 2.22 bits per heavy atom. The third-order valence-corrected chi connectivity index (χ3v) is 3.62. The van der Waals surface area contributed by atoms with E-state index in [9.17, 15) is 4.39 Å². The number of likely N-dealkylation sites (tertiary alicyclic amines) is 1. The fraction of sp³-hybridized carbons (Fsp3) is 0.571. The quantitative estimate of drug-likeness (QED) is 0.907. The van der Waals surface area contributed by atoms with Crippen molar-refractivity contribution in [2.24, 2.45) is 0 Å². The first-order chi connectivity index (χ1) is 8.20. The standard InChI is InChI=1S/C14H21FN2.ClH/c1-11-8-13(15)6-5-12(11)10-17-7-3-4-14(17)9-16-2;/h5-6,8,14,16H,3-4,7,9-10H2,1-2H3;1H. The summed E-state index contributed by atoms with van der Waals surface area (Å²) in [5.41, 5.74) is 2.30. The Morgan fingerprint density at radius 3 is 2.89 bits per heavy atom. The Labute approximate surface area is 115 Å². The van der Waals surface area contributed by atoms with E-state index < -0.39 is 0 Å². The number of likely N-dealkylation sites (N-methyl/N-ethyl adjacent to an activating group) is 1. The molecule has 1 aliphatic heterocycles. The summed E-state index contributed by atoms with van der Waals surface area (Å²) in [6.07, 6.45) is 2.54. The molecule has 18 heavy (non-hydrogen) atoms. The lowest BCUT2D eigenvalue weighted by molar-refractivity contribution is 0.242. The van der Waals surface area contributed by atoms with E-state index in [1.807, 2.05) is 20.0 Å². The predicted molar refractivity (Wildman–Crippen MR) is 75.7 cm³/mol. The first kappa shape index (κ1) is 15.4. The van der Waals surface area contributed by atoms with Gasteiger partial charge in [-0.2, -0.15) is 0 Å². The molecule has 1 unspecified atom stereocenters. The summed E-state index contributed by atoms with van der Waals surface area (Å²) in [4.78, 5) is 2.50. The molecule has 4 heteroatoms. The number of rotatable bonds is 4. The summed E-state index contributed by atoms with van der Waals surface area (Å²) < 4.78 is 13.0. The second-order valence-electron chi connectivity index (χ2n) is 4.90. The van der Waals surface area contributed by atoms with Crippen molar-refractivity contribution < 1.29 is 4.39 Å². The normalized spacial score (nSPS) is 19.8. The van der Waals surface area contributed by atoms with Crippen LogP contribution >= 0.6 is 12.4 Å². The van der Waals surface area contributed by atoms with E-state index in [0.717, 1.165) is 25.2 Å². The highest BCUT2D eigenvalue weighted by Crippen LogP contribution is 2.21. The van der Waals surface area contributed by atoms with Gasteiger partial charge in [0.15, 0.2) is 0 Å². The summed E-state index contributed by atoms with van der Waals surface area (Å²) in [5.74, 6) is -0.139. The van der Waals surface area contributed by atoms with Crippen molar-refractivity contribution >= 4 is 12.4 Å². The predicted octanol–water partition coefficient (Wildman–Crippen LogP) is 2.74. The van der Waals surface area contributed by atoms with E-state index in [1.165, 1.54) is 18.4 Å². The Kier molecular flexibility index (Phi) is 6.06. The molecule has 1 fully saturated rings. The largest absolute Gasteiger partial charge is 0.318 e. The minimum absolute atomic E-state index is 0. The van der Waals surface area contributed by atoms with Gasteiger partial charge in [0.05, 0.1) is 0 Å². The summed E-state index contributed by atoms with van der Waals surface area (Å²) in [7, 11) is 2.00. The minimum Gasteiger partial charge on any atom is -0.318 e. The van der Waals surface area contributed by atoms with Crippen LogP contribution in [0, 0.1) is 12.7 Å². The van der Waals surface area contributed by atoms with Gasteiger partial charge in [0.1, 0.15) is 5.82 Å². The molecule has 0 saturated carbocycles. The average molecular weight is 273 g/mol. The maximum atomic E-state index is 13.0. The molecule has 0 aromatic heterocycles. The topological polar surface area (TPSA) is 15.3 Å². The minimum atomic E-state index is -0.139. The van der Waals surface area contributed by atoms with Crippen molar-refractivity contribution in [3.8, 4) is 0 Å². The molecule has 1 N–H and O–H groups in total. The van der Waals surface area contributed by atoms with Crippen molar-refractivity contribution in [1.29, 1.82) is 0 Å². The Morgan fingerprint density at radius 1 is 1.44 bits per heavy atom. The number of benzene rings is 1. The van der Waals surface area contributed by atoms with Crippen LogP contribution in [-0.4, -0.2) is 31.1 Å². The van der Waals surface area contributed by atoms with Gasteiger partial charge in [-0.1, -0.05) is 6.07 Å². The molecule has 1 aliphatic rings. The van der Waals surface area contributed by atoms with Crippen molar-refractivity contribution in [2.75, 3.05) is 20.1 Å². The van der Waals surface area contributed by atoms with E-state index in [0.29, 0.717) is 6.04 Å². The summed E-state index contributed by atoms with van der Waals surface area (Å²) >= 11 is 0. The van der Waals surface area contributed by atoms with Crippen LogP contribution in [0.3, 0.4) is 0 Å². The smallest absolute Gasteiger partial charge is 0.123 e. The number of halogens is 2. The average Bonchev–Trinajstić information content (AvgIpc) is 2.71. The van der Waals surface area contributed by atoms with Gasteiger partial charge in [0.2, 0.25) is 0 Å². The second-order valence-corrected chi connectivity index (χ2v) is 4.90. The molecule has 0 spiro atoms. The van der Waals surface area contributed by atoms with Crippen molar-refractivity contribution in [2.45, 2.75) is 32.4 Å². The Balaban J connectivity index is 0.00000162. The zero-order valence-corrected chi connectivity index (χ0v) is 11.9. The number of nitrogens with one attached hydrogen (secondary N) is 1. The first-order valence-electron chi connectivity index (χ1n) is 6.34. The molecule has 1 aromatic carbocycles. The third kappa shape index (κ3) is 3.67. The molecule has 0 amide bonds. The van der Waals surface area contributed by atoms with Gasteiger partial charge < -0.3 is 5.32 Å². The van der Waals surface area contributed by atoms with Crippen LogP contribution in [0.15, 0.2) is 18.2 Å². The van der Waals surface area contributed by atoms with Gasteiger partial charge >= 0.3 is 0 Å². The van der Waals surface area contributed by atoms with Crippen LogP contribution in [0.5, 0.6) is 0 Å².